The first kappa shape index (κ1) is 9.20. The minimum absolute atomic E-state index is 0.117. The maximum absolute atomic E-state index is 6.01. The average molecular weight is 164 g/mol. The van der Waals surface area contributed by atoms with E-state index >= 15 is 0 Å². The zero-order valence-electron chi connectivity index (χ0n) is 7.75. The van der Waals surface area contributed by atoms with E-state index in [4.69, 9.17) is 5.73 Å². The van der Waals surface area contributed by atoms with Crippen LogP contribution in [0.5, 0.6) is 0 Å². The van der Waals surface area contributed by atoms with Crippen molar-refractivity contribution in [3.63, 3.8) is 0 Å². The summed E-state index contributed by atoms with van der Waals surface area (Å²) in [5.41, 5.74) is 6.96. The molecule has 2 nitrogen and oxygen atoms in total. The fourth-order valence-electron chi connectivity index (χ4n) is 1.04. The van der Waals surface area contributed by atoms with Crippen molar-refractivity contribution in [3.8, 4) is 0 Å². The van der Waals surface area contributed by atoms with E-state index in [2.05, 4.69) is 18.8 Å². The van der Waals surface area contributed by atoms with Gasteiger partial charge in [0.1, 0.15) is 0 Å². The lowest BCUT2D eigenvalue weighted by Gasteiger charge is -2.21. The third kappa shape index (κ3) is 2.62. The van der Waals surface area contributed by atoms with Crippen LogP contribution in [0.15, 0.2) is 24.4 Å². The predicted octanol–water partition coefficient (Wildman–Crippen LogP) is 1.75. The second-order valence-corrected chi connectivity index (χ2v) is 3.51. The number of hydrogen-bond acceptors (Lipinski definition) is 2. The molecule has 0 radical (unpaired) electrons. The third-order valence-corrected chi connectivity index (χ3v) is 2.12. The van der Waals surface area contributed by atoms with Crippen LogP contribution in [0.2, 0.25) is 0 Å². The van der Waals surface area contributed by atoms with Crippen LogP contribution in [0.3, 0.4) is 0 Å². The smallest absolute Gasteiger partial charge is 0.0421 e. The molecule has 0 aliphatic heterocycles. The summed E-state index contributed by atoms with van der Waals surface area (Å²) in [5, 5.41) is 0. The summed E-state index contributed by atoms with van der Waals surface area (Å²) in [6, 6.07) is 5.93. The summed E-state index contributed by atoms with van der Waals surface area (Å²) >= 11 is 0. The Morgan fingerprint density at radius 1 is 1.50 bits per heavy atom. The lowest BCUT2D eigenvalue weighted by atomic mass is 9.94. The lowest BCUT2D eigenvalue weighted by molar-refractivity contribution is 0.445. The molecule has 66 valence electrons. The highest BCUT2D eigenvalue weighted by Crippen LogP contribution is 2.11. The SMILES string of the molecule is CCC(C)(N)Cc1ccccn1. The molecule has 0 bridgehead atoms. The maximum Gasteiger partial charge on any atom is 0.0421 e. The second kappa shape index (κ2) is 3.68. The molecule has 0 spiro atoms. The summed E-state index contributed by atoms with van der Waals surface area (Å²) in [5.74, 6) is 0. The molecule has 0 saturated carbocycles. The first-order chi connectivity index (χ1) is 5.64. The van der Waals surface area contributed by atoms with E-state index in [1.807, 2.05) is 18.2 Å². The second-order valence-electron chi connectivity index (χ2n) is 3.51. The minimum atomic E-state index is -0.117. The number of nitrogens with two attached hydrogens (primary N) is 1. The molecule has 2 N–H and O–H groups in total. The van der Waals surface area contributed by atoms with Crippen LogP contribution in [0.4, 0.5) is 0 Å². The fourth-order valence-corrected chi connectivity index (χ4v) is 1.04. The molecule has 0 saturated heterocycles. The number of rotatable bonds is 3. The topological polar surface area (TPSA) is 38.9 Å². The van der Waals surface area contributed by atoms with Crippen molar-refractivity contribution in [1.82, 2.24) is 4.98 Å². The van der Waals surface area contributed by atoms with E-state index in [0.717, 1.165) is 18.5 Å². The van der Waals surface area contributed by atoms with Gasteiger partial charge in [0, 0.05) is 23.9 Å². The first-order valence-electron chi connectivity index (χ1n) is 4.33. The Labute approximate surface area is 73.8 Å². The van der Waals surface area contributed by atoms with Gasteiger partial charge in [0.25, 0.3) is 0 Å². The highest BCUT2D eigenvalue weighted by atomic mass is 14.7. The summed E-state index contributed by atoms with van der Waals surface area (Å²) in [7, 11) is 0. The summed E-state index contributed by atoms with van der Waals surface area (Å²) in [4.78, 5) is 4.23. The van der Waals surface area contributed by atoms with Crippen molar-refractivity contribution in [2.45, 2.75) is 32.2 Å². The average Bonchev–Trinajstić information content (AvgIpc) is 2.06. The Morgan fingerprint density at radius 3 is 2.75 bits per heavy atom. The van der Waals surface area contributed by atoms with Gasteiger partial charge in [-0.05, 0) is 25.5 Å². The van der Waals surface area contributed by atoms with Crippen LogP contribution >= 0.6 is 0 Å². The molecule has 1 rings (SSSR count). The summed E-state index contributed by atoms with van der Waals surface area (Å²) in [6.45, 7) is 4.16. The molecule has 1 atom stereocenters. The van der Waals surface area contributed by atoms with Gasteiger partial charge in [-0.15, -0.1) is 0 Å². The van der Waals surface area contributed by atoms with Crippen molar-refractivity contribution in [2.75, 3.05) is 0 Å². The zero-order valence-corrected chi connectivity index (χ0v) is 7.75. The van der Waals surface area contributed by atoms with Gasteiger partial charge >= 0.3 is 0 Å². The highest BCUT2D eigenvalue weighted by Gasteiger charge is 2.16. The molecular formula is C10H16N2. The van der Waals surface area contributed by atoms with E-state index < -0.39 is 0 Å². The van der Waals surface area contributed by atoms with Crippen LogP contribution in [0, 0.1) is 0 Å². The Hall–Kier alpha value is -0.890. The Balaban J connectivity index is 2.64. The van der Waals surface area contributed by atoms with Crippen molar-refractivity contribution >= 4 is 0 Å². The van der Waals surface area contributed by atoms with E-state index in [-0.39, 0.29) is 5.54 Å². The van der Waals surface area contributed by atoms with Crippen LogP contribution in [0.1, 0.15) is 26.0 Å². The largest absolute Gasteiger partial charge is 0.325 e. The van der Waals surface area contributed by atoms with Crippen LogP contribution in [0.25, 0.3) is 0 Å². The first-order valence-corrected chi connectivity index (χ1v) is 4.33. The Kier molecular flexibility index (Phi) is 2.82. The van der Waals surface area contributed by atoms with Gasteiger partial charge in [0.15, 0.2) is 0 Å². The maximum atomic E-state index is 6.01. The van der Waals surface area contributed by atoms with E-state index in [0.29, 0.717) is 0 Å². The molecule has 12 heavy (non-hydrogen) atoms. The predicted molar refractivity (Wildman–Crippen MR) is 50.8 cm³/mol. The van der Waals surface area contributed by atoms with Gasteiger partial charge < -0.3 is 5.73 Å². The van der Waals surface area contributed by atoms with Gasteiger partial charge in [-0.1, -0.05) is 13.0 Å². The molecule has 2 heteroatoms. The third-order valence-electron chi connectivity index (χ3n) is 2.12. The lowest BCUT2D eigenvalue weighted by Crippen LogP contribution is -2.37. The zero-order chi connectivity index (χ0) is 9.03. The van der Waals surface area contributed by atoms with Crippen LogP contribution in [-0.4, -0.2) is 10.5 Å². The van der Waals surface area contributed by atoms with Gasteiger partial charge in [0.2, 0.25) is 0 Å². The molecule has 0 amide bonds. The van der Waals surface area contributed by atoms with Gasteiger partial charge in [-0.25, -0.2) is 0 Å². The minimum Gasteiger partial charge on any atom is -0.325 e. The molecule has 0 fully saturated rings. The van der Waals surface area contributed by atoms with E-state index in [1.54, 1.807) is 6.20 Å². The standard InChI is InChI=1S/C10H16N2/c1-3-10(2,11)8-9-6-4-5-7-12-9/h4-7H,3,8,11H2,1-2H3. The van der Waals surface area contributed by atoms with Crippen molar-refractivity contribution < 1.29 is 0 Å². The quantitative estimate of drug-likeness (QED) is 0.739. The van der Waals surface area contributed by atoms with Crippen molar-refractivity contribution in [1.29, 1.82) is 0 Å². The van der Waals surface area contributed by atoms with Gasteiger partial charge in [-0.3, -0.25) is 4.98 Å². The van der Waals surface area contributed by atoms with E-state index in [9.17, 15) is 0 Å². The number of nitrogens with zero attached hydrogens (tertiary/aromatic N) is 1. The molecule has 0 aliphatic carbocycles. The van der Waals surface area contributed by atoms with Gasteiger partial charge in [-0.2, -0.15) is 0 Å². The summed E-state index contributed by atoms with van der Waals surface area (Å²) < 4.78 is 0. The Morgan fingerprint density at radius 2 is 2.25 bits per heavy atom. The molecule has 1 unspecified atom stereocenters. The molecule has 1 aromatic rings. The number of hydrogen-bond donors (Lipinski definition) is 1. The number of aromatic nitrogens is 1. The Bertz CT molecular complexity index is 229. The fraction of sp³-hybridized carbons (Fsp3) is 0.500. The molecule has 0 aliphatic rings. The molecule has 1 heterocycles. The molecular weight excluding hydrogens is 148 g/mol. The molecule has 0 aromatic carbocycles. The van der Waals surface area contributed by atoms with E-state index in [1.165, 1.54) is 0 Å². The summed E-state index contributed by atoms with van der Waals surface area (Å²) in [6.07, 6.45) is 3.63. The normalized spacial score (nSPS) is 15.6. The monoisotopic (exact) mass is 164 g/mol. The van der Waals surface area contributed by atoms with Crippen LogP contribution < -0.4 is 5.73 Å². The van der Waals surface area contributed by atoms with Gasteiger partial charge in [0.05, 0.1) is 0 Å². The highest BCUT2D eigenvalue weighted by molar-refractivity contribution is 5.07. The molecule has 1 aromatic heterocycles. The number of pyridine rings is 1. The van der Waals surface area contributed by atoms with Crippen LogP contribution in [-0.2, 0) is 6.42 Å². The van der Waals surface area contributed by atoms with Crippen molar-refractivity contribution in [3.05, 3.63) is 30.1 Å². The van der Waals surface area contributed by atoms with Crippen molar-refractivity contribution in [2.24, 2.45) is 5.73 Å².